The first kappa shape index (κ1) is 17.0. The highest BCUT2D eigenvalue weighted by Crippen LogP contribution is 2.30. The maximum Gasteiger partial charge on any atom is 0.410 e. The van der Waals surface area contributed by atoms with E-state index < -0.39 is 12.1 Å². The number of rotatable bonds is 4. The minimum atomic E-state index is -0.819. The summed E-state index contributed by atoms with van der Waals surface area (Å²) in [5.74, 6) is -0.186. The van der Waals surface area contributed by atoms with Gasteiger partial charge in [-0.25, -0.2) is 4.79 Å². The molecule has 2 aromatic rings. The number of hydrogen-bond donors (Lipinski definition) is 0. The highest BCUT2D eigenvalue weighted by atomic mass is 16.6. The van der Waals surface area contributed by atoms with Crippen LogP contribution in [0.25, 0.3) is 0 Å². The monoisotopic (exact) mass is 340 g/mol. The Kier molecular flexibility index (Phi) is 5.28. The standard InChI is InChI=1S/C19H20N2O4/c22-19(25-14-15-7-3-1-4-8-15)20-12-11-17(18(13-20)21(23)24)16-9-5-2-6-10-16/h1-10,17-18H,11-14H2/t17-,18+/m0/s1. The van der Waals surface area contributed by atoms with Crippen molar-refractivity contribution in [3.63, 3.8) is 0 Å². The topological polar surface area (TPSA) is 72.7 Å². The van der Waals surface area contributed by atoms with Crippen LogP contribution < -0.4 is 0 Å². The molecule has 0 spiro atoms. The Morgan fingerprint density at radius 2 is 1.76 bits per heavy atom. The van der Waals surface area contributed by atoms with Gasteiger partial charge in [0.05, 0.1) is 12.5 Å². The Labute approximate surface area is 146 Å². The molecule has 0 bridgehead atoms. The first-order valence-corrected chi connectivity index (χ1v) is 8.29. The summed E-state index contributed by atoms with van der Waals surface area (Å²) < 4.78 is 5.30. The third-order valence-corrected chi connectivity index (χ3v) is 4.54. The van der Waals surface area contributed by atoms with E-state index in [4.69, 9.17) is 4.74 Å². The van der Waals surface area contributed by atoms with E-state index in [2.05, 4.69) is 0 Å². The lowest BCUT2D eigenvalue weighted by Crippen LogP contribution is -2.49. The van der Waals surface area contributed by atoms with Crippen molar-refractivity contribution in [2.75, 3.05) is 13.1 Å². The Hall–Kier alpha value is -2.89. The van der Waals surface area contributed by atoms with Crippen molar-refractivity contribution < 1.29 is 14.5 Å². The summed E-state index contributed by atoms with van der Waals surface area (Å²) in [6.45, 7) is 0.694. The summed E-state index contributed by atoms with van der Waals surface area (Å²) in [6, 6.07) is 18.0. The zero-order valence-corrected chi connectivity index (χ0v) is 13.8. The van der Waals surface area contributed by atoms with Gasteiger partial charge in [-0.1, -0.05) is 60.7 Å². The first-order valence-electron chi connectivity index (χ1n) is 8.29. The van der Waals surface area contributed by atoms with E-state index in [0.29, 0.717) is 13.0 Å². The predicted molar refractivity (Wildman–Crippen MR) is 92.8 cm³/mol. The van der Waals surface area contributed by atoms with Gasteiger partial charge in [0.25, 0.3) is 0 Å². The number of carbonyl (C=O) groups is 1. The molecule has 25 heavy (non-hydrogen) atoms. The molecule has 2 atom stereocenters. The zero-order valence-electron chi connectivity index (χ0n) is 13.8. The smallest absolute Gasteiger partial charge is 0.410 e. The Morgan fingerprint density at radius 1 is 1.12 bits per heavy atom. The van der Waals surface area contributed by atoms with Gasteiger partial charge in [0.15, 0.2) is 0 Å². The predicted octanol–water partition coefficient (Wildman–Crippen LogP) is 3.46. The fourth-order valence-corrected chi connectivity index (χ4v) is 3.21. The van der Waals surface area contributed by atoms with Crippen LogP contribution in [0.2, 0.25) is 0 Å². The third kappa shape index (κ3) is 4.15. The maximum atomic E-state index is 12.3. The molecule has 6 heteroatoms. The normalized spacial score (nSPS) is 20.1. The summed E-state index contributed by atoms with van der Waals surface area (Å²) in [5.41, 5.74) is 1.84. The highest BCUT2D eigenvalue weighted by Gasteiger charge is 2.40. The molecule has 0 aromatic heterocycles. The zero-order chi connectivity index (χ0) is 17.6. The third-order valence-electron chi connectivity index (χ3n) is 4.54. The van der Waals surface area contributed by atoms with E-state index in [1.54, 1.807) is 0 Å². The molecule has 0 radical (unpaired) electrons. The van der Waals surface area contributed by atoms with E-state index in [1.807, 2.05) is 60.7 Å². The average Bonchev–Trinajstić information content (AvgIpc) is 2.67. The lowest BCUT2D eigenvalue weighted by molar-refractivity contribution is -0.529. The quantitative estimate of drug-likeness (QED) is 0.631. The van der Waals surface area contributed by atoms with Crippen molar-refractivity contribution in [3.8, 4) is 0 Å². The number of likely N-dealkylation sites (tertiary alicyclic amines) is 1. The van der Waals surface area contributed by atoms with Gasteiger partial charge in [0, 0.05) is 11.5 Å². The molecule has 130 valence electrons. The maximum absolute atomic E-state index is 12.3. The Morgan fingerprint density at radius 3 is 2.40 bits per heavy atom. The molecule has 3 rings (SSSR count). The Bertz CT molecular complexity index is 721. The summed E-state index contributed by atoms with van der Waals surface area (Å²) in [6.07, 6.45) is 0.0537. The minimum Gasteiger partial charge on any atom is -0.445 e. The van der Waals surface area contributed by atoms with Crippen molar-refractivity contribution in [2.45, 2.75) is 25.0 Å². The lowest BCUT2D eigenvalue weighted by Gasteiger charge is -2.33. The number of ether oxygens (including phenoxy) is 1. The van der Waals surface area contributed by atoms with Crippen LogP contribution in [0.15, 0.2) is 60.7 Å². The van der Waals surface area contributed by atoms with Gasteiger partial charge in [0.2, 0.25) is 6.04 Å². The molecule has 6 nitrogen and oxygen atoms in total. The van der Waals surface area contributed by atoms with Crippen LogP contribution in [0.1, 0.15) is 23.5 Å². The van der Waals surface area contributed by atoms with Gasteiger partial charge in [0.1, 0.15) is 6.61 Å². The number of benzene rings is 2. The Balaban J connectivity index is 1.63. The molecule has 1 heterocycles. The van der Waals surface area contributed by atoms with Crippen molar-refractivity contribution in [3.05, 3.63) is 81.9 Å². The van der Waals surface area contributed by atoms with E-state index in [1.165, 1.54) is 4.90 Å². The first-order chi connectivity index (χ1) is 12.1. The van der Waals surface area contributed by atoms with Crippen LogP contribution >= 0.6 is 0 Å². The van der Waals surface area contributed by atoms with Crippen LogP contribution in [0, 0.1) is 10.1 Å². The average molecular weight is 340 g/mol. The molecule has 2 aromatic carbocycles. The van der Waals surface area contributed by atoms with E-state index in [-0.39, 0.29) is 24.0 Å². The lowest BCUT2D eigenvalue weighted by atomic mass is 9.86. The molecule has 1 amide bonds. The summed E-state index contributed by atoms with van der Waals surface area (Å²) in [5, 5.41) is 11.5. The number of nitrogens with zero attached hydrogens (tertiary/aromatic N) is 2. The molecule has 1 aliphatic heterocycles. The summed E-state index contributed by atoms with van der Waals surface area (Å²) >= 11 is 0. The van der Waals surface area contributed by atoms with Gasteiger partial charge < -0.3 is 9.64 Å². The summed E-state index contributed by atoms with van der Waals surface area (Å²) in [4.78, 5) is 24.9. The molecule has 0 aliphatic carbocycles. The molecule has 0 N–H and O–H groups in total. The highest BCUT2D eigenvalue weighted by molar-refractivity contribution is 5.67. The minimum absolute atomic E-state index is 0.0696. The van der Waals surface area contributed by atoms with Crippen LogP contribution in [-0.4, -0.2) is 35.0 Å². The SMILES string of the molecule is O=C(OCc1ccccc1)N1CC[C@@H](c2ccccc2)[C@H]([N+](=O)[O-])C1. The number of carbonyl (C=O) groups excluding carboxylic acids is 1. The number of amides is 1. The van der Waals surface area contributed by atoms with Crippen molar-refractivity contribution >= 4 is 6.09 Å². The van der Waals surface area contributed by atoms with E-state index >= 15 is 0 Å². The second kappa shape index (κ2) is 7.79. The molecule has 0 saturated carbocycles. The molecule has 1 saturated heterocycles. The van der Waals surface area contributed by atoms with Gasteiger partial charge in [-0.3, -0.25) is 10.1 Å². The van der Waals surface area contributed by atoms with E-state index in [9.17, 15) is 14.9 Å². The van der Waals surface area contributed by atoms with E-state index in [0.717, 1.165) is 11.1 Å². The van der Waals surface area contributed by atoms with Crippen molar-refractivity contribution in [1.82, 2.24) is 4.90 Å². The number of hydrogen-bond acceptors (Lipinski definition) is 4. The van der Waals surface area contributed by atoms with Crippen molar-refractivity contribution in [1.29, 1.82) is 0 Å². The molecule has 0 unspecified atom stereocenters. The van der Waals surface area contributed by atoms with Crippen LogP contribution in [0.3, 0.4) is 0 Å². The van der Waals surface area contributed by atoms with Crippen LogP contribution in [0.4, 0.5) is 4.79 Å². The summed E-state index contributed by atoms with van der Waals surface area (Å²) in [7, 11) is 0. The largest absolute Gasteiger partial charge is 0.445 e. The van der Waals surface area contributed by atoms with Crippen molar-refractivity contribution in [2.24, 2.45) is 0 Å². The van der Waals surface area contributed by atoms with Crippen LogP contribution in [0.5, 0.6) is 0 Å². The second-order valence-corrected chi connectivity index (χ2v) is 6.14. The fraction of sp³-hybridized carbons (Fsp3) is 0.316. The molecular weight excluding hydrogens is 320 g/mol. The molecule has 1 fully saturated rings. The second-order valence-electron chi connectivity index (χ2n) is 6.14. The fourth-order valence-electron chi connectivity index (χ4n) is 3.21. The number of piperidine rings is 1. The van der Waals surface area contributed by atoms with Gasteiger partial charge in [-0.2, -0.15) is 0 Å². The molecule has 1 aliphatic rings. The van der Waals surface area contributed by atoms with Gasteiger partial charge >= 0.3 is 6.09 Å². The number of nitro groups is 1. The van der Waals surface area contributed by atoms with Gasteiger partial charge in [-0.05, 0) is 17.5 Å². The molecular formula is C19H20N2O4. The van der Waals surface area contributed by atoms with Crippen LogP contribution in [-0.2, 0) is 11.3 Å². The van der Waals surface area contributed by atoms with Gasteiger partial charge in [-0.15, -0.1) is 0 Å².